The van der Waals surface area contributed by atoms with Crippen LogP contribution >= 0.6 is 0 Å². The molecular weight excluding hydrogens is 192 g/mol. The van der Waals surface area contributed by atoms with Crippen molar-refractivity contribution in [2.75, 3.05) is 39.5 Å². The summed E-state index contributed by atoms with van der Waals surface area (Å²) in [6, 6.07) is 0.273. The van der Waals surface area contributed by atoms with Crippen molar-refractivity contribution in [2.24, 2.45) is 5.73 Å². The summed E-state index contributed by atoms with van der Waals surface area (Å²) in [7, 11) is 0. The first kappa shape index (κ1) is 11.3. The number of nitrogens with two attached hydrogens (primary N) is 1. The smallest absolute Gasteiger partial charge is 0.0726 e. The average Bonchev–Trinajstić information content (AvgIpc) is 2.66. The van der Waals surface area contributed by atoms with Crippen LogP contribution in [0.25, 0.3) is 0 Å². The van der Waals surface area contributed by atoms with Gasteiger partial charge in [0.15, 0.2) is 0 Å². The Labute approximate surface area is 91.7 Å². The van der Waals surface area contributed by atoms with E-state index in [0.717, 1.165) is 52.3 Å². The van der Waals surface area contributed by atoms with E-state index in [9.17, 15) is 0 Å². The van der Waals surface area contributed by atoms with Gasteiger partial charge < -0.3 is 15.2 Å². The quantitative estimate of drug-likeness (QED) is 0.727. The van der Waals surface area contributed by atoms with Crippen LogP contribution in [0.5, 0.6) is 0 Å². The Morgan fingerprint density at radius 3 is 2.73 bits per heavy atom. The summed E-state index contributed by atoms with van der Waals surface area (Å²) in [4.78, 5) is 2.39. The molecule has 0 aromatic carbocycles. The number of rotatable bonds is 4. The maximum Gasteiger partial charge on any atom is 0.0726 e. The van der Waals surface area contributed by atoms with Gasteiger partial charge in [0.1, 0.15) is 0 Å². The highest BCUT2D eigenvalue weighted by atomic mass is 16.5. The van der Waals surface area contributed by atoms with Gasteiger partial charge in [-0.05, 0) is 19.3 Å². The zero-order valence-electron chi connectivity index (χ0n) is 9.36. The first-order valence-electron chi connectivity index (χ1n) is 6.03. The lowest BCUT2D eigenvalue weighted by Crippen LogP contribution is -2.40. The molecule has 1 aliphatic carbocycles. The van der Waals surface area contributed by atoms with Crippen molar-refractivity contribution >= 4 is 0 Å². The van der Waals surface area contributed by atoms with Crippen LogP contribution in [0.2, 0.25) is 0 Å². The second-order valence-electron chi connectivity index (χ2n) is 4.46. The van der Waals surface area contributed by atoms with Gasteiger partial charge in [0.25, 0.3) is 0 Å². The molecule has 2 rings (SSSR count). The van der Waals surface area contributed by atoms with Gasteiger partial charge in [0, 0.05) is 25.7 Å². The van der Waals surface area contributed by atoms with E-state index in [0.29, 0.717) is 6.10 Å². The van der Waals surface area contributed by atoms with Crippen LogP contribution in [0.1, 0.15) is 19.3 Å². The third kappa shape index (κ3) is 3.41. The lowest BCUT2D eigenvalue weighted by molar-refractivity contribution is -0.000103. The Kier molecular flexibility index (Phi) is 4.38. The number of morpholine rings is 1. The number of hydrogen-bond donors (Lipinski definition) is 1. The molecule has 2 N–H and O–H groups in total. The predicted octanol–water partition coefficient (Wildman–Crippen LogP) is 0.215. The zero-order valence-corrected chi connectivity index (χ0v) is 9.36. The number of ether oxygens (including phenoxy) is 2. The van der Waals surface area contributed by atoms with E-state index in [-0.39, 0.29) is 6.04 Å². The molecule has 0 amide bonds. The van der Waals surface area contributed by atoms with E-state index < -0.39 is 0 Å². The summed E-state index contributed by atoms with van der Waals surface area (Å²) in [6.07, 6.45) is 3.81. The van der Waals surface area contributed by atoms with Crippen molar-refractivity contribution in [3.63, 3.8) is 0 Å². The number of nitrogens with zero attached hydrogens (tertiary/aromatic N) is 1. The van der Waals surface area contributed by atoms with Crippen molar-refractivity contribution in [3.8, 4) is 0 Å². The topological polar surface area (TPSA) is 47.7 Å². The molecule has 1 aliphatic heterocycles. The van der Waals surface area contributed by atoms with E-state index in [1.807, 2.05) is 0 Å². The fourth-order valence-electron chi connectivity index (χ4n) is 2.32. The lowest BCUT2D eigenvalue weighted by Gasteiger charge is -2.27. The summed E-state index contributed by atoms with van der Waals surface area (Å²) < 4.78 is 11.1. The fourth-order valence-corrected chi connectivity index (χ4v) is 2.32. The highest BCUT2D eigenvalue weighted by Crippen LogP contribution is 2.20. The normalized spacial score (nSPS) is 33.4. The predicted molar refractivity (Wildman–Crippen MR) is 58.8 cm³/mol. The Morgan fingerprint density at radius 1 is 1.27 bits per heavy atom. The molecule has 1 heterocycles. The Hall–Kier alpha value is -0.160. The van der Waals surface area contributed by atoms with Gasteiger partial charge in [-0.2, -0.15) is 0 Å². The van der Waals surface area contributed by atoms with Crippen molar-refractivity contribution < 1.29 is 9.47 Å². The van der Waals surface area contributed by atoms with Crippen LogP contribution in [0.4, 0.5) is 0 Å². The minimum atomic E-state index is 0.273. The van der Waals surface area contributed by atoms with Crippen LogP contribution in [-0.4, -0.2) is 56.5 Å². The molecule has 1 saturated carbocycles. The third-order valence-electron chi connectivity index (χ3n) is 3.35. The highest BCUT2D eigenvalue weighted by Gasteiger charge is 2.24. The molecule has 2 unspecified atom stereocenters. The largest absolute Gasteiger partial charge is 0.379 e. The van der Waals surface area contributed by atoms with Gasteiger partial charge in [-0.25, -0.2) is 0 Å². The first-order chi connectivity index (χ1) is 7.36. The summed E-state index contributed by atoms with van der Waals surface area (Å²) in [5.41, 5.74) is 5.94. The molecule has 88 valence electrons. The Morgan fingerprint density at radius 2 is 2.07 bits per heavy atom. The monoisotopic (exact) mass is 214 g/mol. The SMILES string of the molecule is NC1CCCC1OCCN1CCOCC1. The average molecular weight is 214 g/mol. The molecule has 4 nitrogen and oxygen atoms in total. The molecule has 0 aromatic rings. The summed E-state index contributed by atoms with van der Waals surface area (Å²) >= 11 is 0. The standard InChI is InChI=1S/C11H22N2O2/c12-10-2-1-3-11(10)15-9-6-13-4-7-14-8-5-13/h10-11H,1-9,12H2. The van der Waals surface area contributed by atoms with Crippen LogP contribution < -0.4 is 5.73 Å². The lowest BCUT2D eigenvalue weighted by atomic mass is 10.2. The van der Waals surface area contributed by atoms with E-state index in [4.69, 9.17) is 15.2 Å². The molecule has 0 spiro atoms. The van der Waals surface area contributed by atoms with Gasteiger partial charge in [0.2, 0.25) is 0 Å². The summed E-state index contributed by atoms with van der Waals surface area (Å²) in [6.45, 7) is 5.65. The van der Waals surface area contributed by atoms with Gasteiger partial charge in [-0.1, -0.05) is 0 Å². The van der Waals surface area contributed by atoms with Crippen LogP contribution in [0, 0.1) is 0 Å². The van der Waals surface area contributed by atoms with Gasteiger partial charge >= 0.3 is 0 Å². The van der Waals surface area contributed by atoms with Gasteiger partial charge in [-0.3, -0.25) is 4.90 Å². The van der Waals surface area contributed by atoms with Gasteiger partial charge in [0.05, 0.1) is 25.9 Å². The minimum Gasteiger partial charge on any atom is -0.379 e. The fraction of sp³-hybridized carbons (Fsp3) is 1.00. The van der Waals surface area contributed by atoms with Gasteiger partial charge in [-0.15, -0.1) is 0 Å². The van der Waals surface area contributed by atoms with E-state index in [2.05, 4.69) is 4.90 Å². The second-order valence-corrected chi connectivity index (χ2v) is 4.46. The molecule has 15 heavy (non-hydrogen) atoms. The van der Waals surface area contributed by atoms with Crippen molar-refractivity contribution in [2.45, 2.75) is 31.4 Å². The molecule has 0 aromatic heterocycles. The van der Waals surface area contributed by atoms with E-state index >= 15 is 0 Å². The number of hydrogen-bond acceptors (Lipinski definition) is 4. The minimum absolute atomic E-state index is 0.273. The molecule has 1 saturated heterocycles. The molecule has 4 heteroatoms. The molecular formula is C11H22N2O2. The van der Waals surface area contributed by atoms with Crippen molar-refractivity contribution in [1.29, 1.82) is 0 Å². The van der Waals surface area contributed by atoms with E-state index in [1.165, 1.54) is 6.42 Å². The zero-order chi connectivity index (χ0) is 10.5. The molecule has 2 atom stereocenters. The first-order valence-corrected chi connectivity index (χ1v) is 6.03. The van der Waals surface area contributed by atoms with Crippen LogP contribution in [0.3, 0.4) is 0 Å². The third-order valence-corrected chi connectivity index (χ3v) is 3.35. The Bertz CT molecular complexity index is 183. The maximum absolute atomic E-state index is 5.94. The Balaban J connectivity index is 1.57. The molecule has 2 aliphatic rings. The maximum atomic E-state index is 5.94. The summed E-state index contributed by atoms with van der Waals surface area (Å²) in [5, 5.41) is 0. The van der Waals surface area contributed by atoms with Crippen LogP contribution in [-0.2, 0) is 9.47 Å². The van der Waals surface area contributed by atoms with Crippen molar-refractivity contribution in [3.05, 3.63) is 0 Å². The molecule has 2 fully saturated rings. The summed E-state index contributed by atoms with van der Waals surface area (Å²) in [5.74, 6) is 0. The van der Waals surface area contributed by atoms with Crippen molar-refractivity contribution in [1.82, 2.24) is 4.90 Å². The molecule has 0 bridgehead atoms. The second kappa shape index (κ2) is 5.80. The highest BCUT2D eigenvalue weighted by molar-refractivity contribution is 4.80. The van der Waals surface area contributed by atoms with Crippen LogP contribution in [0.15, 0.2) is 0 Å². The van der Waals surface area contributed by atoms with E-state index in [1.54, 1.807) is 0 Å². The molecule has 0 radical (unpaired) electrons.